The van der Waals surface area contributed by atoms with Crippen LogP contribution in [0, 0.1) is 20.8 Å². The maximum atomic E-state index is 12.3. The zero-order valence-corrected chi connectivity index (χ0v) is 15.6. The number of aromatic nitrogens is 2. The van der Waals surface area contributed by atoms with Gasteiger partial charge in [0, 0.05) is 17.8 Å². The van der Waals surface area contributed by atoms with Gasteiger partial charge in [-0.1, -0.05) is 35.4 Å². The van der Waals surface area contributed by atoms with Crippen LogP contribution in [0.2, 0.25) is 0 Å². The lowest BCUT2D eigenvalue weighted by Gasteiger charge is -2.08. The van der Waals surface area contributed by atoms with Crippen molar-refractivity contribution in [3.63, 3.8) is 0 Å². The summed E-state index contributed by atoms with van der Waals surface area (Å²) >= 11 is 1.13. The second kappa shape index (κ2) is 7.61. The Labute approximate surface area is 155 Å². The molecule has 7 heteroatoms. The van der Waals surface area contributed by atoms with Crippen LogP contribution in [-0.4, -0.2) is 16.9 Å². The highest BCUT2D eigenvalue weighted by atomic mass is 32.2. The third-order valence-electron chi connectivity index (χ3n) is 3.90. The Hall–Kier alpha value is -2.80. The molecule has 2 N–H and O–H groups in total. The minimum Gasteiger partial charge on any atom is -0.325 e. The second-order valence-electron chi connectivity index (χ2n) is 6.11. The number of nitrogens with zero attached hydrogens (tertiary/aromatic N) is 1. The van der Waals surface area contributed by atoms with E-state index in [1.54, 1.807) is 0 Å². The van der Waals surface area contributed by atoms with Gasteiger partial charge in [0.25, 0.3) is 0 Å². The van der Waals surface area contributed by atoms with E-state index in [0.29, 0.717) is 5.03 Å². The maximum absolute atomic E-state index is 12.3. The van der Waals surface area contributed by atoms with Gasteiger partial charge in [-0.05, 0) is 54.1 Å². The second-order valence-corrected chi connectivity index (χ2v) is 7.08. The van der Waals surface area contributed by atoms with Gasteiger partial charge in [0.2, 0.25) is 11.6 Å². The molecule has 2 aromatic carbocycles. The topological polar surface area (TPSA) is 79.0 Å². The average molecular weight is 370 g/mol. The van der Waals surface area contributed by atoms with Crippen molar-refractivity contribution in [1.82, 2.24) is 5.27 Å². The van der Waals surface area contributed by atoms with E-state index in [9.17, 15) is 9.59 Å². The van der Waals surface area contributed by atoms with Gasteiger partial charge in [0.1, 0.15) is 0 Å². The molecule has 1 heterocycles. The monoisotopic (exact) mass is 370 g/mol. The largest absolute Gasteiger partial charge is 0.442 e. The van der Waals surface area contributed by atoms with Crippen molar-refractivity contribution in [3.05, 3.63) is 69.6 Å². The Bertz CT molecular complexity index is 990. The van der Waals surface area contributed by atoms with Gasteiger partial charge in [-0.15, -0.1) is 0 Å². The third-order valence-corrected chi connectivity index (χ3v) is 4.92. The van der Waals surface area contributed by atoms with Crippen molar-refractivity contribution in [3.8, 4) is 5.69 Å². The molecule has 3 rings (SSSR count). The molecule has 0 bridgehead atoms. The fourth-order valence-electron chi connectivity index (χ4n) is 2.52. The van der Waals surface area contributed by atoms with Gasteiger partial charge >= 0.3 is 10.7 Å². The molecule has 0 spiro atoms. The average Bonchev–Trinajstić information content (AvgIpc) is 2.97. The van der Waals surface area contributed by atoms with E-state index in [4.69, 9.17) is 4.52 Å². The highest BCUT2D eigenvalue weighted by molar-refractivity contribution is 7.99. The van der Waals surface area contributed by atoms with Crippen LogP contribution in [0.4, 0.5) is 5.69 Å². The summed E-state index contributed by atoms with van der Waals surface area (Å²) in [6.07, 6.45) is 0. The normalized spacial score (nSPS) is 10.7. The van der Waals surface area contributed by atoms with E-state index in [-0.39, 0.29) is 11.7 Å². The molecule has 1 aromatic heterocycles. The first-order chi connectivity index (χ1) is 12.4. The standard InChI is InChI=1S/C19H19N3O3S/c1-12-4-7-15(8-5-12)22-18(19(24)25-21-22)26-11-17(23)20-16-9-6-13(2)10-14(16)3/h4-10H,11H2,1-3H3,(H-,20,21,23,24)/p+1. The molecular weight excluding hydrogens is 350 g/mol. The molecule has 0 atom stereocenters. The molecule has 1 amide bonds. The number of aryl methyl sites for hydroxylation is 3. The van der Waals surface area contributed by atoms with Gasteiger partial charge < -0.3 is 5.32 Å². The Morgan fingerprint density at radius 3 is 2.50 bits per heavy atom. The number of H-pyrrole nitrogens is 1. The minimum absolute atomic E-state index is 0.0990. The Balaban J connectivity index is 1.71. The molecule has 0 aliphatic carbocycles. The predicted molar refractivity (Wildman–Crippen MR) is 101 cm³/mol. The van der Waals surface area contributed by atoms with Crippen LogP contribution in [0.25, 0.3) is 5.69 Å². The first-order valence-electron chi connectivity index (χ1n) is 8.14. The van der Waals surface area contributed by atoms with Crippen LogP contribution < -0.4 is 15.6 Å². The maximum Gasteiger partial charge on any atom is 0.442 e. The number of anilines is 1. The van der Waals surface area contributed by atoms with Crippen molar-refractivity contribution in [2.24, 2.45) is 0 Å². The quantitative estimate of drug-likeness (QED) is 0.535. The van der Waals surface area contributed by atoms with Crippen LogP contribution in [0.15, 0.2) is 56.8 Å². The number of benzene rings is 2. The van der Waals surface area contributed by atoms with Crippen LogP contribution in [0.5, 0.6) is 0 Å². The number of rotatable bonds is 5. The summed E-state index contributed by atoms with van der Waals surface area (Å²) in [5, 5.41) is 5.77. The van der Waals surface area contributed by atoms with E-state index in [0.717, 1.165) is 39.8 Å². The van der Waals surface area contributed by atoms with Crippen LogP contribution >= 0.6 is 11.8 Å². The molecule has 0 aliphatic heterocycles. The minimum atomic E-state index is -0.505. The number of hydrogen-bond acceptors (Lipinski definition) is 4. The number of aromatic amines is 1. The number of nitrogens with one attached hydrogen (secondary N) is 2. The fourth-order valence-corrected chi connectivity index (χ4v) is 3.30. The summed E-state index contributed by atoms with van der Waals surface area (Å²) in [6, 6.07) is 13.5. The highest BCUT2D eigenvalue weighted by Gasteiger charge is 2.25. The van der Waals surface area contributed by atoms with E-state index >= 15 is 0 Å². The van der Waals surface area contributed by atoms with E-state index in [2.05, 4.69) is 10.6 Å². The van der Waals surface area contributed by atoms with Gasteiger partial charge in [0.05, 0.1) is 5.75 Å². The highest BCUT2D eigenvalue weighted by Crippen LogP contribution is 2.17. The summed E-state index contributed by atoms with van der Waals surface area (Å²) in [5.74, 6) is -0.0834. The molecule has 0 radical (unpaired) electrons. The first kappa shape index (κ1) is 18.0. The summed E-state index contributed by atoms with van der Waals surface area (Å²) in [5.41, 5.74) is 4.28. The molecule has 3 aromatic rings. The molecule has 0 saturated heterocycles. The lowest BCUT2D eigenvalue weighted by Crippen LogP contribution is -2.36. The molecule has 0 fully saturated rings. The number of hydrogen-bond donors (Lipinski definition) is 2. The van der Waals surface area contributed by atoms with Gasteiger partial charge in [-0.25, -0.2) is 4.79 Å². The molecule has 0 saturated carbocycles. The van der Waals surface area contributed by atoms with Crippen molar-refractivity contribution >= 4 is 23.4 Å². The van der Waals surface area contributed by atoms with Crippen LogP contribution in [-0.2, 0) is 4.79 Å². The number of thioether (sulfide) groups is 1. The van der Waals surface area contributed by atoms with E-state index in [1.807, 2.05) is 63.2 Å². The zero-order valence-electron chi connectivity index (χ0n) is 14.8. The lowest BCUT2D eigenvalue weighted by molar-refractivity contribution is -0.704. The van der Waals surface area contributed by atoms with Gasteiger partial charge in [0.15, 0.2) is 0 Å². The smallest absolute Gasteiger partial charge is 0.325 e. The fraction of sp³-hybridized carbons (Fsp3) is 0.211. The lowest BCUT2D eigenvalue weighted by atomic mass is 10.1. The Morgan fingerprint density at radius 1 is 1.12 bits per heavy atom. The number of carbonyl (C=O) groups is 1. The number of amides is 1. The molecular formula is C19H20N3O3S+. The van der Waals surface area contributed by atoms with Crippen LogP contribution in [0.3, 0.4) is 0 Å². The Morgan fingerprint density at radius 2 is 1.81 bits per heavy atom. The molecule has 6 nitrogen and oxygen atoms in total. The van der Waals surface area contributed by atoms with Crippen LogP contribution in [0.1, 0.15) is 16.7 Å². The summed E-state index contributed by atoms with van der Waals surface area (Å²) < 4.78 is 6.43. The van der Waals surface area contributed by atoms with Crippen molar-refractivity contribution in [2.75, 3.05) is 11.1 Å². The molecule has 0 aliphatic rings. The Kier molecular flexibility index (Phi) is 5.27. The first-order valence-corrected chi connectivity index (χ1v) is 9.13. The summed E-state index contributed by atoms with van der Waals surface area (Å²) in [6.45, 7) is 5.94. The zero-order chi connectivity index (χ0) is 18.7. The van der Waals surface area contributed by atoms with Crippen molar-refractivity contribution in [2.45, 2.75) is 25.8 Å². The summed E-state index contributed by atoms with van der Waals surface area (Å²) in [7, 11) is 0. The van der Waals surface area contributed by atoms with E-state index in [1.165, 1.54) is 4.68 Å². The number of carbonyl (C=O) groups excluding carboxylic acids is 1. The van der Waals surface area contributed by atoms with Crippen molar-refractivity contribution in [1.29, 1.82) is 0 Å². The third kappa shape index (κ3) is 4.05. The SMILES string of the molecule is Cc1ccc(-[n+]2[nH]oc(=O)c2SCC(=O)Nc2ccc(C)cc2C)cc1. The van der Waals surface area contributed by atoms with E-state index < -0.39 is 5.63 Å². The molecule has 26 heavy (non-hydrogen) atoms. The van der Waals surface area contributed by atoms with Gasteiger partial charge in [-0.2, -0.15) is 0 Å². The summed E-state index contributed by atoms with van der Waals surface area (Å²) in [4.78, 5) is 24.2. The van der Waals surface area contributed by atoms with Gasteiger partial charge in [-0.3, -0.25) is 9.32 Å². The molecule has 134 valence electrons. The van der Waals surface area contributed by atoms with Crippen molar-refractivity contribution < 1.29 is 14.0 Å². The molecule has 0 unspecified atom stereocenters. The predicted octanol–water partition coefficient (Wildman–Crippen LogP) is 2.90.